The number of halogens is 1. The Morgan fingerprint density at radius 2 is 2.00 bits per heavy atom. The van der Waals surface area contributed by atoms with Gasteiger partial charge in [0.25, 0.3) is 0 Å². The maximum absolute atomic E-state index is 9.29. The number of aromatic hydroxyl groups is 1. The van der Waals surface area contributed by atoms with Crippen LogP contribution < -0.4 is 0 Å². The highest BCUT2D eigenvalue weighted by Gasteiger charge is 1.98. The van der Waals surface area contributed by atoms with Crippen LogP contribution in [0.1, 0.15) is 0 Å². The van der Waals surface area contributed by atoms with E-state index in [1.807, 2.05) is 12.1 Å². The van der Waals surface area contributed by atoms with Gasteiger partial charge in [0, 0.05) is 5.02 Å². The van der Waals surface area contributed by atoms with Crippen molar-refractivity contribution in [3.63, 3.8) is 0 Å². The normalized spacial score (nSPS) is 10.1. The van der Waals surface area contributed by atoms with Crippen LogP contribution in [0.25, 0.3) is 11.1 Å². The van der Waals surface area contributed by atoms with Crippen LogP contribution in [0.5, 0.6) is 5.75 Å². The monoisotopic (exact) mass is 203 g/mol. The number of benzene rings is 2. The Balaban J connectivity index is 2.44. The second-order valence-corrected chi connectivity index (χ2v) is 3.41. The molecule has 1 radical (unpaired) electrons. The maximum atomic E-state index is 9.29. The van der Waals surface area contributed by atoms with E-state index in [0.717, 1.165) is 11.1 Å². The molecule has 0 amide bonds. The summed E-state index contributed by atoms with van der Waals surface area (Å²) in [5.41, 5.74) is 1.85. The van der Waals surface area contributed by atoms with E-state index in [9.17, 15) is 5.11 Å². The van der Waals surface area contributed by atoms with Crippen LogP contribution in [0.2, 0.25) is 5.02 Å². The van der Waals surface area contributed by atoms with Gasteiger partial charge in [0.2, 0.25) is 0 Å². The first-order valence-corrected chi connectivity index (χ1v) is 4.60. The molecule has 0 aliphatic heterocycles. The fourth-order valence-corrected chi connectivity index (χ4v) is 1.38. The Hall–Kier alpha value is -1.47. The molecule has 1 N–H and O–H groups in total. The molecular weight excluding hydrogens is 196 g/mol. The summed E-state index contributed by atoms with van der Waals surface area (Å²) in [5, 5.41) is 9.95. The van der Waals surface area contributed by atoms with Crippen LogP contribution in [0, 0.1) is 6.07 Å². The Bertz CT molecular complexity index is 434. The molecule has 0 saturated heterocycles. The van der Waals surface area contributed by atoms with Crippen LogP contribution in [0.3, 0.4) is 0 Å². The van der Waals surface area contributed by atoms with Crippen molar-refractivity contribution in [3.8, 4) is 16.9 Å². The van der Waals surface area contributed by atoms with E-state index in [1.54, 1.807) is 30.3 Å². The molecule has 0 unspecified atom stereocenters. The summed E-state index contributed by atoms with van der Waals surface area (Å²) < 4.78 is 0. The second kappa shape index (κ2) is 3.72. The van der Waals surface area contributed by atoms with Gasteiger partial charge < -0.3 is 5.11 Å². The summed E-state index contributed by atoms with van der Waals surface area (Å²) in [6, 6.07) is 15.5. The van der Waals surface area contributed by atoms with Crippen molar-refractivity contribution in [2.75, 3.05) is 0 Å². The zero-order chi connectivity index (χ0) is 9.97. The van der Waals surface area contributed by atoms with E-state index in [0.29, 0.717) is 5.02 Å². The molecule has 0 atom stereocenters. The summed E-state index contributed by atoms with van der Waals surface area (Å²) in [4.78, 5) is 0. The third kappa shape index (κ3) is 1.88. The van der Waals surface area contributed by atoms with Gasteiger partial charge in [-0.1, -0.05) is 29.8 Å². The van der Waals surface area contributed by atoms with Gasteiger partial charge in [0.15, 0.2) is 0 Å². The summed E-state index contributed by atoms with van der Waals surface area (Å²) in [6.45, 7) is 0. The van der Waals surface area contributed by atoms with Crippen molar-refractivity contribution in [3.05, 3.63) is 53.6 Å². The van der Waals surface area contributed by atoms with E-state index in [1.165, 1.54) is 0 Å². The average molecular weight is 204 g/mol. The highest BCUT2D eigenvalue weighted by Crippen LogP contribution is 2.23. The molecule has 0 spiro atoms. The molecule has 2 aromatic carbocycles. The highest BCUT2D eigenvalue weighted by molar-refractivity contribution is 6.30. The Morgan fingerprint density at radius 3 is 2.64 bits per heavy atom. The average Bonchev–Trinajstić information content (AvgIpc) is 2.19. The van der Waals surface area contributed by atoms with Gasteiger partial charge in [0.05, 0.1) is 0 Å². The third-order valence-electron chi connectivity index (χ3n) is 1.93. The van der Waals surface area contributed by atoms with E-state index in [-0.39, 0.29) is 5.75 Å². The van der Waals surface area contributed by atoms with E-state index >= 15 is 0 Å². The zero-order valence-electron chi connectivity index (χ0n) is 7.37. The quantitative estimate of drug-likeness (QED) is 0.752. The SMILES string of the molecule is Oc1cccc(-c2[c]cc(Cl)cc2)c1. The first kappa shape index (κ1) is 9.10. The van der Waals surface area contributed by atoms with Crippen molar-refractivity contribution in [2.24, 2.45) is 0 Å². The Kier molecular flexibility index (Phi) is 2.42. The molecule has 0 bridgehead atoms. The molecule has 0 saturated carbocycles. The Labute approximate surface area is 87.6 Å². The van der Waals surface area contributed by atoms with Gasteiger partial charge >= 0.3 is 0 Å². The maximum Gasteiger partial charge on any atom is 0.116 e. The van der Waals surface area contributed by atoms with E-state index in [2.05, 4.69) is 6.07 Å². The second-order valence-electron chi connectivity index (χ2n) is 2.97. The van der Waals surface area contributed by atoms with Gasteiger partial charge in [0.1, 0.15) is 5.75 Å². The van der Waals surface area contributed by atoms with Crippen molar-refractivity contribution < 1.29 is 5.11 Å². The predicted octanol–water partition coefficient (Wildman–Crippen LogP) is 3.51. The lowest BCUT2D eigenvalue weighted by molar-refractivity contribution is 0.475. The number of phenols is 1. The van der Waals surface area contributed by atoms with Crippen LogP contribution >= 0.6 is 11.6 Å². The van der Waals surface area contributed by atoms with Crippen LogP contribution in [0.15, 0.2) is 42.5 Å². The molecular formula is C12H8ClO. The summed E-state index contributed by atoms with van der Waals surface area (Å²) in [6.07, 6.45) is 0. The summed E-state index contributed by atoms with van der Waals surface area (Å²) >= 11 is 5.75. The molecule has 0 aliphatic rings. The van der Waals surface area contributed by atoms with Crippen LogP contribution in [-0.2, 0) is 0 Å². The molecule has 2 heteroatoms. The fraction of sp³-hybridized carbons (Fsp3) is 0. The van der Waals surface area contributed by atoms with Crippen LogP contribution in [-0.4, -0.2) is 5.11 Å². The molecule has 2 rings (SSSR count). The molecule has 0 aliphatic carbocycles. The van der Waals surface area contributed by atoms with Gasteiger partial charge in [-0.2, -0.15) is 0 Å². The number of hydrogen-bond acceptors (Lipinski definition) is 1. The molecule has 0 aromatic heterocycles. The standard InChI is InChI=1S/C12H8ClO/c13-11-6-4-9(5-7-11)10-2-1-3-12(14)8-10/h1-4,6-8,14H. The molecule has 1 nitrogen and oxygen atoms in total. The van der Waals surface area contributed by atoms with Gasteiger partial charge in [-0.3, -0.25) is 0 Å². The molecule has 14 heavy (non-hydrogen) atoms. The molecule has 0 heterocycles. The summed E-state index contributed by atoms with van der Waals surface area (Å²) in [7, 11) is 0. The van der Waals surface area contributed by atoms with Crippen molar-refractivity contribution >= 4 is 11.6 Å². The predicted molar refractivity (Wildman–Crippen MR) is 57.4 cm³/mol. The lowest BCUT2D eigenvalue weighted by Gasteiger charge is -2.01. The largest absolute Gasteiger partial charge is 0.508 e. The van der Waals surface area contributed by atoms with Crippen molar-refractivity contribution in [2.45, 2.75) is 0 Å². The van der Waals surface area contributed by atoms with Gasteiger partial charge in [-0.15, -0.1) is 0 Å². The minimum absolute atomic E-state index is 0.255. The zero-order valence-corrected chi connectivity index (χ0v) is 8.12. The van der Waals surface area contributed by atoms with Crippen LogP contribution in [0.4, 0.5) is 0 Å². The minimum atomic E-state index is 0.255. The summed E-state index contributed by atoms with van der Waals surface area (Å²) in [5.74, 6) is 0.255. The molecule has 2 aromatic rings. The van der Waals surface area contributed by atoms with Crippen molar-refractivity contribution in [1.82, 2.24) is 0 Å². The first-order chi connectivity index (χ1) is 6.75. The topological polar surface area (TPSA) is 20.2 Å². The van der Waals surface area contributed by atoms with Crippen molar-refractivity contribution in [1.29, 1.82) is 0 Å². The number of rotatable bonds is 1. The molecule has 0 fully saturated rings. The smallest absolute Gasteiger partial charge is 0.116 e. The highest BCUT2D eigenvalue weighted by atomic mass is 35.5. The van der Waals surface area contributed by atoms with Gasteiger partial charge in [-0.05, 0) is 41.5 Å². The minimum Gasteiger partial charge on any atom is -0.508 e. The molecule has 69 valence electrons. The Morgan fingerprint density at radius 1 is 1.14 bits per heavy atom. The first-order valence-electron chi connectivity index (χ1n) is 4.22. The third-order valence-corrected chi connectivity index (χ3v) is 2.17. The van der Waals surface area contributed by atoms with Gasteiger partial charge in [-0.25, -0.2) is 0 Å². The lowest BCUT2D eigenvalue weighted by Crippen LogP contribution is -1.76. The number of hydrogen-bond donors (Lipinski definition) is 1. The number of phenolic OH excluding ortho intramolecular Hbond substituents is 1. The lowest BCUT2D eigenvalue weighted by atomic mass is 10.1. The van der Waals surface area contributed by atoms with E-state index in [4.69, 9.17) is 11.6 Å². The fourth-order valence-electron chi connectivity index (χ4n) is 1.26. The van der Waals surface area contributed by atoms with E-state index < -0.39 is 0 Å².